The number of thiophene rings is 1. The topological polar surface area (TPSA) is 73.2 Å². The maximum atomic E-state index is 13.4. The van der Waals surface area contributed by atoms with Gasteiger partial charge in [-0.1, -0.05) is 11.8 Å². The maximum absolute atomic E-state index is 13.4. The summed E-state index contributed by atoms with van der Waals surface area (Å²) in [7, 11) is 0. The smallest absolute Gasteiger partial charge is 0.263 e. The number of fused-ring (bicyclic) bond motifs is 3. The van der Waals surface area contributed by atoms with Crippen molar-refractivity contribution in [2.75, 3.05) is 6.61 Å². The number of carbonyl (C=O) groups excluding carboxylic acids is 1. The lowest BCUT2D eigenvalue weighted by Gasteiger charge is -2.18. The molecule has 0 aromatic carbocycles. The summed E-state index contributed by atoms with van der Waals surface area (Å²) >= 11 is 3.01. The molecule has 2 aromatic rings. The highest BCUT2D eigenvalue weighted by Gasteiger charge is 2.27. The molecule has 2 aliphatic rings. The van der Waals surface area contributed by atoms with E-state index >= 15 is 0 Å². The van der Waals surface area contributed by atoms with Gasteiger partial charge < -0.3 is 10.1 Å². The summed E-state index contributed by atoms with van der Waals surface area (Å²) in [5, 5.41) is 4.03. The van der Waals surface area contributed by atoms with Crippen molar-refractivity contribution in [1.29, 1.82) is 0 Å². The number of hydrogen-bond acceptors (Lipinski definition) is 6. The van der Waals surface area contributed by atoms with Gasteiger partial charge >= 0.3 is 0 Å². The van der Waals surface area contributed by atoms with Crippen LogP contribution in [-0.2, 0) is 28.9 Å². The first-order chi connectivity index (χ1) is 13.4. The van der Waals surface area contributed by atoms with Crippen LogP contribution in [0.3, 0.4) is 0 Å². The van der Waals surface area contributed by atoms with Gasteiger partial charge in [0, 0.05) is 17.5 Å². The standard InChI is InChI=1S/C20H27N3O3S2/c1-11(2)21-17(24)12(3)27-20-22-18-16(14-7-4-8-15(14)28-18)19(25)23(20)10-13-6-5-9-26-13/h11-13H,4-10H2,1-3H3,(H,21,24)/t12-,13-/m0/s1. The molecule has 1 saturated heterocycles. The Morgan fingerprint density at radius 2 is 2.18 bits per heavy atom. The van der Waals surface area contributed by atoms with Gasteiger partial charge in [-0.2, -0.15) is 0 Å². The molecule has 4 rings (SSSR count). The second-order valence-corrected chi connectivity index (χ2v) is 10.3. The van der Waals surface area contributed by atoms with Gasteiger partial charge in [0.2, 0.25) is 5.91 Å². The van der Waals surface area contributed by atoms with Gasteiger partial charge in [0.1, 0.15) is 4.83 Å². The average molecular weight is 422 g/mol. The molecule has 1 aliphatic heterocycles. The first kappa shape index (κ1) is 19.9. The highest BCUT2D eigenvalue weighted by Crippen LogP contribution is 2.36. The Morgan fingerprint density at radius 3 is 2.89 bits per heavy atom. The molecule has 1 amide bonds. The molecule has 0 saturated carbocycles. The van der Waals surface area contributed by atoms with Crippen LogP contribution in [0.1, 0.15) is 50.5 Å². The number of hydrogen-bond donors (Lipinski definition) is 1. The fourth-order valence-electron chi connectivity index (χ4n) is 3.91. The monoisotopic (exact) mass is 421 g/mol. The summed E-state index contributed by atoms with van der Waals surface area (Å²) in [5.41, 5.74) is 1.22. The Labute approximate surface area is 173 Å². The molecule has 152 valence electrons. The highest BCUT2D eigenvalue weighted by atomic mass is 32.2. The van der Waals surface area contributed by atoms with Crippen molar-refractivity contribution in [2.45, 2.75) is 82.0 Å². The Bertz CT molecular complexity index is 944. The lowest BCUT2D eigenvalue weighted by atomic mass is 10.2. The lowest BCUT2D eigenvalue weighted by Crippen LogP contribution is -2.36. The van der Waals surface area contributed by atoms with E-state index in [9.17, 15) is 9.59 Å². The molecule has 1 N–H and O–H groups in total. The fraction of sp³-hybridized carbons (Fsp3) is 0.650. The van der Waals surface area contributed by atoms with Gasteiger partial charge in [0.15, 0.2) is 5.16 Å². The molecule has 0 bridgehead atoms. The quantitative estimate of drug-likeness (QED) is 0.573. The van der Waals surface area contributed by atoms with Crippen LogP contribution < -0.4 is 10.9 Å². The van der Waals surface area contributed by atoms with Gasteiger partial charge in [-0.3, -0.25) is 14.2 Å². The van der Waals surface area contributed by atoms with Gasteiger partial charge in [-0.15, -0.1) is 11.3 Å². The summed E-state index contributed by atoms with van der Waals surface area (Å²) in [5.74, 6) is -0.0355. The zero-order chi connectivity index (χ0) is 19.8. The summed E-state index contributed by atoms with van der Waals surface area (Å²) in [6, 6.07) is 0.0836. The minimum Gasteiger partial charge on any atom is -0.376 e. The summed E-state index contributed by atoms with van der Waals surface area (Å²) in [6.45, 7) is 7.01. The molecule has 1 aliphatic carbocycles. The highest BCUT2D eigenvalue weighted by molar-refractivity contribution is 8.00. The van der Waals surface area contributed by atoms with Crippen LogP contribution in [0.25, 0.3) is 10.2 Å². The molecule has 8 heteroatoms. The van der Waals surface area contributed by atoms with E-state index in [-0.39, 0.29) is 28.9 Å². The van der Waals surface area contributed by atoms with Crippen molar-refractivity contribution >= 4 is 39.2 Å². The molecule has 28 heavy (non-hydrogen) atoms. The molecular weight excluding hydrogens is 394 g/mol. The normalized spacial score (nSPS) is 20.1. The van der Waals surface area contributed by atoms with E-state index in [2.05, 4.69) is 5.32 Å². The van der Waals surface area contributed by atoms with E-state index in [1.54, 1.807) is 15.9 Å². The third-order valence-electron chi connectivity index (χ3n) is 5.28. The zero-order valence-electron chi connectivity index (χ0n) is 16.6. The van der Waals surface area contributed by atoms with E-state index < -0.39 is 0 Å². The minimum atomic E-state index is -0.325. The van der Waals surface area contributed by atoms with Gasteiger partial charge in [-0.25, -0.2) is 4.98 Å². The number of nitrogens with zero attached hydrogens (tertiary/aromatic N) is 2. The Morgan fingerprint density at radius 1 is 1.36 bits per heavy atom. The van der Waals surface area contributed by atoms with Crippen molar-refractivity contribution in [1.82, 2.24) is 14.9 Å². The van der Waals surface area contributed by atoms with E-state index in [1.807, 2.05) is 20.8 Å². The number of amides is 1. The van der Waals surface area contributed by atoms with Gasteiger partial charge in [0.05, 0.1) is 23.3 Å². The Kier molecular flexibility index (Phi) is 5.81. The largest absolute Gasteiger partial charge is 0.376 e. The predicted molar refractivity (Wildman–Crippen MR) is 113 cm³/mol. The summed E-state index contributed by atoms with van der Waals surface area (Å²) in [6.07, 6.45) is 5.15. The number of aromatic nitrogens is 2. The Balaban J connectivity index is 1.72. The summed E-state index contributed by atoms with van der Waals surface area (Å²) in [4.78, 5) is 32.8. The first-order valence-electron chi connectivity index (χ1n) is 10.1. The molecule has 0 radical (unpaired) electrons. The third kappa shape index (κ3) is 3.86. The predicted octanol–water partition coefficient (Wildman–Crippen LogP) is 3.13. The minimum absolute atomic E-state index is 0.0267. The number of rotatable bonds is 6. The van der Waals surface area contributed by atoms with E-state index in [1.165, 1.54) is 22.2 Å². The molecule has 1 fully saturated rings. The van der Waals surface area contributed by atoms with Crippen LogP contribution in [0.2, 0.25) is 0 Å². The summed E-state index contributed by atoms with van der Waals surface area (Å²) < 4.78 is 7.54. The van der Waals surface area contributed by atoms with Crippen LogP contribution in [0, 0.1) is 0 Å². The van der Waals surface area contributed by atoms with Crippen LogP contribution in [0.4, 0.5) is 0 Å². The number of ether oxygens (including phenoxy) is 1. The van der Waals surface area contributed by atoms with Crippen molar-refractivity contribution < 1.29 is 9.53 Å². The average Bonchev–Trinajstić information content (AvgIpc) is 3.34. The van der Waals surface area contributed by atoms with Gasteiger partial charge in [0.25, 0.3) is 5.56 Å². The number of aryl methyl sites for hydroxylation is 2. The van der Waals surface area contributed by atoms with E-state index in [0.717, 1.165) is 48.9 Å². The third-order valence-corrected chi connectivity index (χ3v) is 7.56. The zero-order valence-corrected chi connectivity index (χ0v) is 18.3. The first-order valence-corrected chi connectivity index (χ1v) is 11.8. The van der Waals surface area contributed by atoms with Crippen molar-refractivity contribution in [3.8, 4) is 0 Å². The fourth-order valence-corrected chi connectivity index (χ4v) is 6.14. The van der Waals surface area contributed by atoms with Crippen molar-refractivity contribution in [2.24, 2.45) is 0 Å². The molecule has 3 heterocycles. The maximum Gasteiger partial charge on any atom is 0.263 e. The van der Waals surface area contributed by atoms with Crippen molar-refractivity contribution in [3.05, 3.63) is 20.8 Å². The van der Waals surface area contributed by atoms with Crippen LogP contribution in [0.5, 0.6) is 0 Å². The number of thioether (sulfide) groups is 1. The van der Waals surface area contributed by atoms with Crippen LogP contribution in [0.15, 0.2) is 9.95 Å². The molecule has 2 aromatic heterocycles. The Hall–Kier alpha value is -1.38. The molecule has 0 spiro atoms. The van der Waals surface area contributed by atoms with Crippen LogP contribution >= 0.6 is 23.1 Å². The SMILES string of the molecule is CC(C)NC(=O)[C@H](C)Sc1nc2sc3c(c2c(=O)n1C[C@@H]1CCCO1)CCC3. The molecule has 6 nitrogen and oxygen atoms in total. The van der Waals surface area contributed by atoms with E-state index in [4.69, 9.17) is 9.72 Å². The molecular formula is C20H27N3O3S2. The lowest BCUT2D eigenvalue weighted by molar-refractivity contribution is -0.120. The second kappa shape index (κ2) is 8.16. The van der Waals surface area contributed by atoms with Crippen LogP contribution in [-0.4, -0.2) is 39.5 Å². The molecule has 2 atom stereocenters. The molecule has 0 unspecified atom stereocenters. The van der Waals surface area contributed by atoms with E-state index in [0.29, 0.717) is 11.7 Å². The second-order valence-electron chi connectivity index (χ2n) is 7.91. The van der Waals surface area contributed by atoms with Crippen molar-refractivity contribution in [3.63, 3.8) is 0 Å². The van der Waals surface area contributed by atoms with Gasteiger partial charge in [-0.05, 0) is 58.4 Å². The number of carbonyl (C=O) groups is 1. The number of nitrogens with one attached hydrogen (secondary N) is 1.